The van der Waals surface area contributed by atoms with Crippen molar-refractivity contribution in [3.63, 3.8) is 0 Å². The van der Waals surface area contributed by atoms with Crippen molar-refractivity contribution in [3.8, 4) is 0 Å². The van der Waals surface area contributed by atoms with Crippen LogP contribution in [0.15, 0.2) is 12.4 Å². The lowest BCUT2D eigenvalue weighted by atomic mass is 9.97. The maximum absolute atomic E-state index is 12.1. The van der Waals surface area contributed by atoms with Gasteiger partial charge in [-0.15, -0.1) is 0 Å². The number of likely N-dealkylation sites (tertiary alicyclic amines) is 1. The molecule has 1 fully saturated rings. The molecule has 122 valence electrons. The first-order chi connectivity index (χ1) is 10.6. The average Bonchev–Trinajstić information content (AvgIpc) is 2.99. The van der Waals surface area contributed by atoms with Crippen LogP contribution in [-0.2, 0) is 16.1 Å². The Balaban J connectivity index is 1.97. The van der Waals surface area contributed by atoms with Crippen LogP contribution < -0.4 is 11.1 Å². The number of urea groups is 1. The number of aromatic nitrogens is 2. The molecule has 0 spiro atoms. The van der Waals surface area contributed by atoms with Crippen LogP contribution in [0.5, 0.6) is 0 Å². The van der Waals surface area contributed by atoms with Gasteiger partial charge in [-0.2, -0.15) is 0 Å². The minimum atomic E-state index is -0.683. The summed E-state index contributed by atoms with van der Waals surface area (Å²) in [5.41, 5.74) is 5.00. The van der Waals surface area contributed by atoms with E-state index >= 15 is 0 Å². The van der Waals surface area contributed by atoms with Crippen LogP contribution in [0.2, 0.25) is 0 Å². The minimum absolute atomic E-state index is 0.0554. The molecule has 2 rings (SSSR count). The maximum atomic E-state index is 12.1. The number of imidazole rings is 1. The summed E-state index contributed by atoms with van der Waals surface area (Å²) in [7, 11) is 1.67. The second-order valence-corrected chi connectivity index (χ2v) is 5.37. The highest BCUT2D eigenvalue weighted by Gasteiger charge is 2.27. The van der Waals surface area contributed by atoms with Gasteiger partial charge in [-0.1, -0.05) is 0 Å². The Hall–Kier alpha value is -2.09. The molecule has 1 atom stereocenters. The zero-order valence-electron chi connectivity index (χ0n) is 12.8. The number of hydrogen-bond acceptors (Lipinski definition) is 4. The zero-order valence-corrected chi connectivity index (χ0v) is 12.8. The van der Waals surface area contributed by atoms with Crippen molar-refractivity contribution in [1.82, 2.24) is 19.8 Å². The van der Waals surface area contributed by atoms with Gasteiger partial charge < -0.3 is 25.3 Å². The van der Waals surface area contributed by atoms with E-state index in [0.29, 0.717) is 19.7 Å². The number of nitrogens with zero attached hydrogens (tertiary/aromatic N) is 3. The highest BCUT2D eigenvalue weighted by Crippen LogP contribution is 2.25. The van der Waals surface area contributed by atoms with Crippen molar-refractivity contribution in [2.45, 2.75) is 25.3 Å². The Kier molecular flexibility index (Phi) is 5.76. The van der Waals surface area contributed by atoms with E-state index in [1.165, 1.54) is 0 Å². The Morgan fingerprint density at radius 3 is 3.09 bits per heavy atom. The number of amides is 3. The van der Waals surface area contributed by atoms with Crippen LogP contribution in [-0.4, -0.2) is 59.7 Å². The normalized spacial score (nSPS) is 18.2. The SMILES string of the molecule is COCCn1ccnc1C1CCCN(C(=O)CNC(N)=O)C1. The van der Waals surface area contributed by atoms with Crippen molar-refractivity contribution >= 4 is 11.9 Å². The molecule has 1 saturated heterocycles. The highest BCUT2D eigenvalue weighted by atomic mass is 16.5. The molecular weight excluding hydrogens is 286 g/mol. The molecule has 0 radical (unpaired) electrons. The fourth-order valence-corrected chi connectivity index (χ4v) is 2.75. The molecule has 0 aliphatic carbocycles. The third-order valence-electron chi connectivity index (χ3n) is 3.84. The van der Waals surface area contributed by atoms with E-state index in [4.69, 9.17) is 10.5 Å². The summed E-state index contributed by atoms with van der Waals surface area (Å²) in [6.07, 6.45) is 5.63. The molecule has 0 aromatic carbocycles. The van der Waals surface area contributed by atoms with Crippen LogP contribution >= 0.6 is 0 Å². The number of carbonyl (C=O) groups is 2. The average molecular weight is 309 g/mol. The number of methoxy groups -OCH3 is 1. The standard InChI is InChI=1S/C14H23N5O3/c1-22-8-7-18-6-4-16-13(18)11-3-2-5-19(10-11)12(20)9-17-14(15)21/h4,6,11H,2-3,5,7-10H2,1H3,(H3,15,17,21). The second kappa shape index (κ2) is 7.79. The summed E-state index contributed by atoms with van der Waals surface area (Å²) >= 11 is 0. The second-order valence-electron chi connectivity index (χ2n) is 5.37. The summed E-state index contributed by atoms with van der Waals surface area (Å²) in [4.78, 5) is 29.0. The first kappa shape index (κ1) is 16.3. The van der Waals surface area contributed by atoms with E-state index in [1.807, 2.05) is 6.20 Å². The van der Waals surface area contributed by atoms with Gasteiger partial charge in [0.25, 0.3) is 0 Å². The topological polar surface area (TPSA) is 102 Å². The van der Waals surface area contributed by atoms with E-state index in [-0.39, 0.29) is 18.4 Å². The number of hydrogen-bond donors (Lipinski definition) is 2. The van der Waals surface area contributed by atoms with Crippen molar-refractivity contribution in [2.75, 3.05) is 33.4 Å². The number of nitrogens with two attached hydrogens (primary N) is 1. The van der Waals surface area contributed by atoms with Gasteiger partial charge in [0.2, 0.25) is 5.91 Å². The fourth-order valence-electron chi connectivity index (χ4n) is 2.75. The number of piperidine rings is 1. The Labute approximate surface area is 129 Å². The molecule has 3 N–H and O–H groups in total. The van der Waals surface area contributed by atoms with E-state index < -0.39 is 6.03 Å². The number of nitrogens with one attached hydrogen (secondary N) is 1. The predicted molar refractivity (Wildman–Crippen MR) is 80.2 cm³/mol. The largest absolute Gasteiger partial charge is 0.383 e. The summed E-state index contributed by atoms with van der Waals surface area (Å²) in [5, 5.41) is 2.34. The number of primary amides is 1. The van der Waals surface area contributed by atoms with Gasteiger partial charge in [-0.3, -0.25) is 4.79 Å². The van der Waals surface area contributed by atoms with Gasteiger partial charge in [0, 0.05) is 45.1 Å². The van der Waals surface area contributed by atoms with Crippen molar-refractivity contribution in [3.05, 3.63) is 18.2 Å². The number of rotatable bonds is 6. The van der Waals surface area contributed by atoms with Gasteiger partial charge in [0.15, 0.2) is 0 Å². The molecule has 1 aliphatic rings. The zero-order chi connectivity index (χ0) is 15.9. The monoisotopic (exact) mass is 309 g/mol. The van der Waals surface area contributed by atoms with Gasteiger partial charge in [0.05, 0.1) is 13.2 Å². The van der Waals surface area contributed by atoms with Crippen LogP contribution in [0.1, 0.15) is 24.6 Å². The molecule has 3 amide bonds. The lowest BCUT2D eigenvalue weighted by Gasteiger charge is -2.32. The molecule has 22 heavy (non-hydrogen) atoms. The van der Waals surface area contributed by atoms with Crippen LogP contribution in [0, 0.1) is 0 Å². The molecule has 0 bridgehead atoms. The van der Waals surface area contributed by atoms with Crippen molar-refractivity contribution < 1.29 is 14.3 Å². The van der Waals surface area contributed by atoms with Crippen LogP contribution in [0.4, 0.5) is 4.79 Å². The van der Waals surface area contributed by atoms with E-state index in [9.17, 15) is 9.59 Å². The van der Waals surface area contributed by atoms with Gasteiger partial charge in [-0.05, 0) is 12.8 Å². The molecule has 8 nitrogen and oxygen atoms in total. The quantitative estimate of drug-likeness (QED) is 0.766. The molecule has 1 unspecified atom stereocenters. The van der Waals surface area contributed by atoms with Gasteiger partial charge in [0.1, 0.15) is 5.82 Å². The summed E-state index contributed by atoms with van der Waals surface area (Å²) in [5.74, 6) is 1.08. The molecule has 8 heteroatoms. The van der Waals surface area contributed by atoms with E-state index in [1.54, 1.807) is 18.2 Å². The van der Waals surface area contributed by atoms with E-state index in [0.717, 1.165) is 25.2 Å². The number of ether oxygens (including phenoxy) is 1. The third-order valence-corrected chi connectivity index (χ3v) is 3.84. The summed E-state index contributed by atoms with van der Waals surface area (Å²) in [6.45, 7) is 2.64. The Morgan fingerprint density at radius 1 is 1.55 bits per heavy atom. The minimum Gasteiger partial charge on any atom is -0.383 e. The van der Waals surface area contributed by atoms with Crippen molar-refractivity contribution in [2.24, 2.45) is 5.73 Å². The summed E-state index contributed by atoms with van der Waals surface area (Å²) < 4.78 is 7.18. The molecule has 1 aromatic rings. The molecule has 1 aliphatic heterocycles. The Bertz CT molecular complexity index is 516. The van der Waals surface area contributed by atoms with Crippen LogP contribution in [0.3, 0.4) is 0 Å². The predicted octanol–water partition coefficient (Wildman–Crippen LogP) is -0.0962. The first-order valence-electron chi connectivity index (χ1n) is 7.43. The van der Waals surface area contributed by atoms with Crippen LogP contribution in [0.25, 0.3) is 0 Å². The first-order valence-corrected chi connectivity index (χ1v) is 7.43. The molecule has 2 heterocycles. The molecule has 1 aromatic heterocycles. The van der Waals surface area contributed by atoms with Gasteiger partial charge in [-0.25, -0.2) is 9.78 Å². The molecular formula is C14H23N5O3. The lowest BCUT2D eigenvalue weighted by Crippen LogP contribution is -2.45. The summed E-state index contributed by atoms with van der Waals surface area (Å²) in [6, 6.07) is -0.683. The smallest absolute Gasteiger partial charge is 0.312 e. The lowest BCUT2D eigenvalue weighted by molar-refractivity contribution is -0.131. The Morgan fingerprint density at radius 2 is 2.36 bits per heavy atom. The number of carbonyl (C=O) groups excluding carboxylic acids is 2. The van der Waals surface area contributed by atoms with E-state index in [2.05, 4.69) is 14.9 Å². The maximum Gasteiger partial charge on any atom is 0.312 e. The third kappa shape index (κ3) is 4.20. The van der Waals surface area contributed by atoms with Gasteiger partial charge >= 0.3 is 6.03 Å². The molecule has 0 saturated carbocycles. The fraction of sp³-hybridized carbons (Fsp3) is 0.643. The highest BCUT2D eigenvalue weighted by molar-refractivity contribution is 5.83. The van der Waals surface area contributed by atoms with Crippen molar-refractivity contribution in [1.29, 1.82) is 0 Å².